The van der Waals surface area contributed by atoms with E-state index in [-0.39, 0.29) is 27.1 Å². The summed E-state index contributed by atoms with van der Waals surface area (Å²) in [6, 6.07) is 12.5. The fourth-order valence-corrected chi connectivity index (χ4v) is 9.34. The number of nitrogens with zero attached hydrogens (tertiary/aromatic N) is 5. The SMILES string of the molecule is COc1cc(/C(F)=C/c2cccc(-c3cccc(NC(=O)c4nc5c(n4C)CCN(CCC46CCC(C(=O)O)(CC4)C6)C5)c3Cl)c2Cl)ncc1CN(C)C(C)C. The van der Waals surface area contributed by atoms with Gasteiger partial charge in [0, 0.05) is 73.8 Å². The number of carbonyl (C=O) groups excluding carboxylic acids is 1. The molecule has 296 valence electrons. The summed E-state index contributed by atoms with van der Waals surface area (Å²) in [5.41, 5.74) is 4.47. The Morgan fingerprint density at radius 1 is 1.11 bits per heavy atom. The van der Waals surface area contributed by atoms with Crippen LogP contribution in [-0.4, -0.2) is 74.6 Å². The number of methoxy groups -OCH3 is 1. The molecule has 2 saturated carbocycles. The molecule has 3 heterocycles. The number of imidazole rings is 1. The molecule has 2 bridgehead atoms. The van der Waals surface area contributed by atoms with E-state index in [1.807, 2.05) is 18.7 Å². The van der Waals surface area contributed by atoms with Crippen molar-refractivity contribution in [3.05, 3.63) is 92.7 Å². The zero-order valence-corrected chi connectivity index (χ0v) is 34.1. The second-order valence-corrected chi connectivity index (χ2v) is 16.9. The number of anilines is 1. The average molecular weight is 804 g/mol. The van der Waals surface area contributed by atoms with E-state index in [2.05, 4.69) is 33.9 Å². The Bertz CT molecular complexity index is 2190. The van der Waals surface area contributed by atoms with Crippen LogP contribution in [0.4, 0.5) is 10.1 Å². The number of aliphatic carboxylic acids is 1. The molecule has 2 aromatic heterocycles. The summed E-state index contributed by atoms with van der Waals surface area (Å²) in [5.74, 6) is -0.756. The third-order valence-electron chi connectivity index (χ3n) is 12.5. The minimum Gasteiger partial charge on any atom is -0.496 e. The van der Waals surface area contributed by atoms with Crippen molar-refractivity contribution in [3.8, 4) is 16.9 Å². The summed E-state index contributed by atoms with van der Waals surface area (Å²) in [6.45, 7) is 7.18. The first-order chi connectivity index (χ1) is 26.7. The molecule has 10 nitrogen and oxygen atoms in total. The Morgan fingerprint density at radius 2 is 1.82 bits per heavy atom. The number of carbonyl (C=O) groups is 2. The van der Waals surface area contributed by atoms with Crippen LogP contribution in [0.3, 0.4) is 0 Å². The molecule has 2 aromatic carbocycles. The normalized spacial score (nSPS) is 20.9. The summed E-state index contributed by atoms with van der Waals surface area (Å²) in [7, 11) is 5.42. The predicted molar refractivity (Wildman–Crippen MR) is 219 cm³/mol. The van der Waals surface area contributed by atoms with E-state index in [0.29, 0.717) is 53.1 Å². The lowest BCUT2D eigenvalue weighted by molar-refractivity contribution is -0.148. The van der Waals surface area contributed by atoms with Crippen molar-refractivity contribution in [2.75, 3.05) is 32.6 Å². The molecule has 13 heteroatoms. The Morgan fingerprint density at radius 3 is 2.50 bits per heavy atom. The molecular weight excluding hydrogens is 754 g/mol. The van der Waals surface area contributed by atoms with E-state index in [4.69, 9.17) is 32.9 Å². The van der Waals surface area contributed by atoms with Crippen molar-refractivity contribution in [1.82, 2.24) is 24.3 Å². The highest BCUT2D eigenvalue weighted by molar-refractivity contribution is 6.39. The van der Waals surface area contributed by atoms with Crippen molar-refractivity contribution in [2.24, 2.45) is 17.9 Å². The van der Waals surface area contributed by atoms with E-state index in [1.54, 1.807) is 55.8 Å². The van der Waals surface area contributed by atoms with Gasteiger partial charge in [-0.15, -0.1) is 0 Å². The molecule has 2 aliphatic carbocycles. The zero-order valence-electron chi connectivity index (χ0n) is 32.6. The number of benzene rings is 2. The Balaban J connectivity index is 1.04. The van der Waals surface area contributed by atoms with Gasteiger partial charge >= 0.3 is 5.97 Å². The van der Waals surface area contributed by atoms with Gasteiger partial charge in [0.05, 0.1) is 34.0 Å². The van der Waals surface area contributed by atoms with Crippen LogP contribution in [0.5, 0.6) is 5.75 Å². The molecule has 0 atom stereocenters. The number of amides is 1. The average Bonchev–Trinajstić information content (AvgIpc) is 3.87. The number of ether oxygens (including phenoxy) is 1. The standard InChI is InChI=1S/C43H49Cl2FN6O4/c1-26(2)50(3)23-28-22-47-33(21-36(28)56-5)31(46)20-27-8-6-9-29(37(27)44)30-10-7-11-32(38(30)45)49-40(53)39-48-34-24-52(18-12-35(34)51(39)4)19-17-42-13-15-43(25-42,16-14-42)41(54)55/h6-11,20-22,26H,12-19,23-25H2,1-5H3,(H,49,53)(H,54,55)/b31-20-. The number of hydrogen-bond donors (Lipinski definition) is 2. The van der Waals surface area contributed by atoms with E-state index in [0.717, 1.165) is 75.0 Å². The van der Waals surface area contributed by atoms with Gasteiger partial charge in [0.25, 0.3) is 5.91 Å². The molecule has 0 unspecified atom stereocenters. The zero-order chi connectivity index (χ0) is 39.9. The molecule has 0 radical (unpaired) electrons. The highest BCUT2D eigenvalue weighted by Crippen LogP contribution is 2.63. The van der Waals surface area contributed by atoms with E-state index in [1.165, 1.54) is 6.08 Å². The Hall–Kier alpha value is -4.29. The van der Waals surface area contributed by atoms with E-state index in [9.17, 15) is 14.7 Å². The number of nitrogens with one attached hydrogen (secondary N) is 1. The first kappa shape index (κ1) is 39.9. The molecule has 7 rings (SSSR count). The molecule has 1 amide bonds. The molecule has 4 aromatic rings. The summed E-state index contributed by atoms with van der Waals surface area (Å²) < 4.78 is 23.1. The summed E-state index contributed by atoms with van der Waals surface area (Å²) >= 11 is 13.9. The summed E-state index contributed by atoms with van der Waals surface area (Å²) in [5, 5.41) is 13.3. The Kier molecular flexibility index (Phi) is 11.4. The van der Waals surface area contributed by atoms with Crippen molar-refractivity contribution in [2.45, 2.75) is 77.9 Å². The first-order valence-electron chi connectivity index (χ1n) is 19.2. The molecule has 1 aliphatic heterocycles. The molecule has 56 heavy (non-hydrogen) atoms. The van der Waals surface area contributed by atoms with Crippen molar-refractivity contribution in [3.63, 3.8) is 0 Å². The third kappa shape index (κ3) is 7.71. The van der Waals surface area contributed by atoms with Crippen LogP contribution in [0.1, 0.15) is 91.2 Å². The van der Waals surface area contributed by atoms with Crippen molar-refractivity contribution in [1.29, 1.82) is 0 Å². The molecule has 2 fully saturated rings. The fraction of sp³-hybridized carbons (Fsp3) is 0.442. The van der Waals surface area contributed by atoms with Crippen LogP contribution in [-0.2, 0) is 31.4 Å². The van der Waals surface area contributed by atoms with E-state index < -0.39 is 17.2 Å². The van der Waals surface area contributed by atoms with Crippen LogP contribution < -0.4 is 10.1 Å². The number of pyridine rings is 1. The topological polar surface area (TPSA) is 113 Å². The van der Waals surface area contributed by atoms with Gasteiger partial charge in [0.15, 0.2) is 5.82 Å². The Labute approximate surface area is 337 Å². The second-order valence-electron chi connectivity index (χ2n) is 16.1. The van der Waals surface area contributed by atoms with Crippen LogP contribution in [0.15, 0.2) is 48.7 Å². The summed E-state index contributed by atoms with van der Waals surface area (Å²) in [6.07, 6.45) is 9.07. The van der Waals surface area contributed by atoms with Gasteiger partial charge in [0.1, 0.15) is 17.3 Å². The molecule has 0 spiro atoms. The maximum atomic E-state index is 15.7. The maximum absolute atomic E-state index is 15.7. The van der Waals surface area contributed by atoms with Gasteiger partial charge in [-0.1, -0.05) is 53.5 Å². The second kappa shape index (κ2) is 15.9. The minimum atomic E-state index is -0.632. The lowest BCUT2D eigenvalue weighted by Crippen LogP contribution is -2.34. The largest absolute Gasteiger partial charge is 0.496 e. The van der Waals surface area contributed by atoms with Crippen molar-refractivity contribution >= 4 is 52.7 Å². The lowest BCUT2D eigenvalue weighted by atomic mass is 9.80. The lowest BCUT2D eigenvalue weighted by Gasteiger charge is -2.32. The summed E-state index contributed by atoms with van der Waals surface area (Å²) in [4.78, 5) is 39.3. The third-order valence-corrected chi connectivity index (χ3v) is 13.3. The monoisotopic (exact) mass is 802 g/mol. The van der Waals surface area contributed by atoms with Gasteiger partial charge in [-0.3, -0.25) is 24.4 Å². The van der Waals surface area contributed by atoms with Crippen LogP contribution >= 0.6 is 23.2 Å². The highest BCUT2D eigenvalue weighted by atomic mass is 35.5. The first-order valence-corrected chi connectivity index (χ1v) is 20.0. The van der Waals surface area contributed by atoms with Crippen LogP contribution in [0, 0.1) is 10.8 Å². The van der Waals surface area contributed by atoms with Crippen molar-refractivity contribution < 1.29 is 23.8 Å². The van der Waals surface area contributed by atoms with Gasteiger partial charge in [-0.25, -0.2) is 9.37 Å². The van der Waals surface area contributed by atoms with Gasteiger partial charge < -0.3 is 19.7 Å². The molecule has 3 aliphatic rings. The smallest absolute Gasteiger partial charge is 0.309 e. The number of hydrogen-bond acceptors (Lipinski definition) is 7. The van der Waals surface area contributed by atoms with Crippen LogP contribution in [0.2, 0.25) is 10.0 Å². The molecular formula is C43H49Cl2FN6O4. The van der Waals surface area contributed by atoms with Gasteiger partial charge in [-0.2, -0.15) is 0 Å². The van der Waals surface area contributed by atoms with Crippen LogP contribution in [0.25, 0.3) is 23.0 Å². The number of rotatable bonds is 13. The van der Waals surface area contributed by atoms with Gasteiger partial charge in [-0.05, 0) is 89.1 Å². The predicted octanol–water partition coefficient (Wildman–Crippen LogP) is 9.14. The highest BCUT2D eigenvalue weighted by Gasteiger charge is 2.57. The number of halogens is 3. The molecule has 0 saturated heterocycles. The molecule has 2 N–H and O–H groups in total. The number of carboxylic acids is 1. The number of fused-ring (bicyclic) bond motifs is 3. The number of carboxylic acid groups (broad SMARTS) is 1. The fourth-order valence-electron chi connectivity index (χ4n) is 8.78. The minimum absolute atomic E-state index is 0.122. The van der Waals surface area contributed by atoms with Gasteiger partial charge in [0.2, 0.25) is 0 Å². The van der Waals surface area contributed by atoms with E-state index >= 15 is 4.39 Å². The quantitative estimate of drug-likeness (QED) is 0.138. The maximum Gasteiger partial charge on any atom is 0.309 e. The number of aromatic nitrogens is 3.